The van der Waals surface area contributed by atoms with Crippen LogP contribution in [0.2, 0.25) is 0 Å². The van der Waals surface area contributed by atoms with E-state index in [9.17, 15) is 14.7 Å². The number of amides is 1. The molecule has 0 bridgehead atoms. The third-order valence-electron chi connectivity index (χ3n) is 5.47. The van der Waals surface area contributed by atoms with Gasteiger partial charge in [-0.3, -0.25) is 0 Å². The van der Waals surface area contributed by atoms with Gasteiger partial charge in [-0.05, 0) is 46.4 Å². The van der Waals surface area contributed by atoms with Crippen LogP contribution in [-0.4, -0.2) is 24.7 Å². The molecule has 0 heterocycles. The molecule has 1 amide bonds. The fraction of sp³-hybridized carbons (Fsp3) is 0.200. The summed E-state index contributed by atoms with van der Waals surface area (Å²) in [5, 5.41) is 13.9. The lowest BCUT2D eigenvalue weighted by molar-refractivity contribution is -0.306. The minimum Gasteiger partial charge on any atom is -0.550 e. The van der Waals surface area contributed by atoms with Gasteiger partial charge in [-0.15, -0.1) is 0 Å². The smallest absolute Gasteiger partial charge is 0.407 e. The summed E-state index contributed by atoms with van der Waals surface area (Å²) in [6.45, 7) is 0.177. The molecule has 0 saturated heterocycles. The van der Waals surface area contributed by atoms with Gasteiger partial charge in [0, 0.05) is 28.8 Å². The van der Waals surface area contributed by atoms with E-state index < -0.39 is 18.1 Å². The molecule has 1 N–H and O–H groups in total. The molecule has 0 radical (unpaired) electrons. The molecule has 0 aliphatic heterocycles. The maximum absolute atomic E-state index is 12.5. The predicted molar refractivity (Wildman–Crippen MR) is 119 cm³/mol. The van der Waals surface area contributed by atoms with Crippen LogP contribution < -0.4 is 10.4 Å². The fourth-order valence-electron chi connectivity index (χ4n) is 4.09. The topological polar surface area (TPSA) is 78.5 Å². The second-order valence-corrected chi connectivity index (χ2v) is 8.49. The molecule has 0 saturated carbocycles. The largest absolute Gasteiger partial charge is 0.550 e. The number of hydrogen-bond donors (Lipinski definition) is 1. The molecule has 5 nitrogen and oxygen atoms in total. The molecule has 0 unspecified atom stereocenters. The summed E-state index contributed by atoms with van der Waals surface area (Å²) in [6.07, 6.45) is -0.559. The molecule has 4 rings (SSSR count). The molecule has 3 aromatic rings. The molecular weight excluding hydrogens is 458 g/mol. The third kappa shape index (κ3) is 4.97. The van der Waals surface area contributed by atoms with Gasteiger partial charge >= 0.3 is 6.09 Å². The van der Waals surface area contributed by atoms with Gasteiger partial charge in [0.15, 0.2) is 0 Å². The zero-order chi connectivity index (χ0) is 21.8. The van der Waals surface area contributed by atoms with E-state index in [0.717, 1.165) is 32.3 Å². The Balaban J connectivity index is 1.42. The van der Waals surface area contributed by atoms with Crippen molar-refractivity contribution in [2.45, 2.75) is 24.8 Å². The highest BCUT2D eigenvalue weighted by Crippen LogP contribution is 2.44. The summed E-state index contributed by atoms with van der Waals surface area (Å²) >= 11 is 3.37. The van der Waals surface area contributed by atoms with Crippen molar-refractivity contribution in [2.24, 2.45) is 0 Å². The Morgan fingerprint density at radius 1 is 0.935 bits per heavy atom. The summed E-state index contributed by atoms with van der Waals surface area (Å²) in [6, 6.07) is 23.1. The van der Waals surface area contributed by atoms with Crippen molar-refractivity contribution >= 4 is 28.0 Å². The van der Waals surface area contributed by atoms with E-state index in [0.29, 0.717) is 6.42 Å². The van der Waals surface area contributed by atoms with Gasteiger partial charge in [-0.25, -0.2) is 4.79 Å². The number of aliphatic carboxylic acids is 1. The predicted octanol–water partition coefficient (Wildman–Crippen LogP) is 4.04. The van der Waals surface area contributed by atoms with Crippen molar-refractivity contribution < 1.29 is 19.4 Å². The van der Waals surface area contributed by atoms with Gasteiger partial charge in [-0.2, -0.15) is 0 Å². The van der Waals surface area contributed by atoms with Gasteiger partial charge in [0.2, 0.25) is 0 Å². The molecule has 3 aromatic carbocycles. The highest BCUT2D eigenvalue weighted by molar-refractivity contribution is 9.10. The number of alkyl carbamates (subject to hydrolysis) is 1. The maximum Gasteiger partial charge on any atom is 0.407 e. The van der Waals surface area contributed by atoms with Crippen LogP contribution in [0.5, 0.6) is 0 Å². The standard InChI is InChI=1S/C25H22BrNO4/c26-17-11-9-16(10-12-17)13-18(14-24(28)29)27-25(30)31-15-23-21-7-3-1-5-19(21)20-6-2-4-8-22(20)23/h1-12,18,23H,13-15H2,(H,27,30)(H,28,29)/p-1/t18-/m0/s1. The summed E-state index contributed by atoms with van der Waals surface area (Å²) < 4.78 is 6.47. The van der Waals surface area contributed by atoms with Crippen LogP contribution in [-0.2, 0) is 16.0 Å². The van der Waals surface area contributed by atoms with Crippen LogP contribution in [0.1, 0.15) is 29.0 Å². The zero-order valence-corrected chi connectivity index (χ0v) is 18.3. The molecular formula is C25H21BrNO4-. The van der Waals surface area contributed by atoms with Crippen LogP contribution in [0, 0.1) is 0 Å². The van der Waals surface area contributed by atoms with Gasteiger partial charge in [0.25, 0.3) is 0 Å². The quantitative estimate of drug-likeness (QED) is 0.555. The molecule has 1 aliphatic rings. The lowest BCUT2D eigenvalue weighted by Gasteiger charge is -2.20. The first-order chi connectivity index (χ1) is 15.0. The number of carbonyl (C=O) groups excluding carboxylic acids is 2. The second-order valence-electron chi connectivity index (χ2n) is 7.57. The lowest BCUT2D eigenvalue weighted by Crippen LogP contribution is -2.41. The monoisotopic (exact) mass is 478 g/mol. The van der Waals surface area contributed by atoms with Crippen LogP contribution >= 0.6 is 15.9 Å². The molecule has 1 aliphatic carbocycles. The van der Waals surface area contributed by atoms with Crippen molar-refractivity contribution in [1.82, 2.24) is 5.32 Å². The molecule has 0 fully saturated rings. The van der Waals surface area contributed by atoms with Crippen LogP contribution in [0.15, 0.2) is 77.3 Å². The average Bonchev–Trinajstić information content (AvgIpc) is 3.07. The van der Waals surface area contributed by atoms with Gasteiger partial charge < -0.3 is 20.0 Å². The second kappa shape index (κ2) is 9.35. The van der Waals surface area contributed by atoms with Crippen LogP contribution in [0.3, 0.4) is 0 Å². The van der Waals surface area contributed by atoms with E-state index >= 15 is 0 Å². The molecule has 0 spiro atoms. The van der Waals surface area contributed by atoms with Crippen molar-refractivity contribution in [3.63, 3.8) is 0 Å². The van der Waals surface area contributed by atoms with Gasteiger partial charge in [0.1, 0.15) is 6.61 Å². The third-order valence-corrected chi connectivity index (χ3v) is 6.00. The van der Waals surface area contributed by atoms with E-state index in [1.165, 1.54) is 0 Å². The first-order valence-corrected chi connectivity index (χ1v) is 10.9. The van der Waals surface area contributed by atoms with Gasteiger partial charge in [-0.1, -0.05) is 76.6 Å². The Bertz CT molecular complexity index is 1050. The Hall–Kier alpha value is -3.12. The number of carbonyl (C=O) groups is 2. The average molecular weight is 479 g/mol. The van der Waals surface area contributed by atoms with Crippen molar-refractivity contribution in [2.75, 3.05) is 6.61 Å². The highest BCUT2D eigenvalue weighted by Gasteiger charge is 2.29. The summed E-state index contributed by atoms with van der Waals surface area (Å²) in [5.41, 5.74) is 5.46. The first-order valence-electron chi connectivity index (χ1n) is 10.1. The zero-order valence-electron chi connectivity index (χ0n) is 16.7. The molecule has 31 heavy (non-hydrogen) atoms. The molecule has 1 atom stereocenters. The number of rotatable bonds is 7. The Morgan fingerprint density at radius 3 is 2.10 bits per heavy atom. The number of fused-ring (bicyclic) bond motifs is 3. The van der Waals surface area contributed by atoms with Gasteiger partial charge in [0.05, 0.1) is 0 Å². The first kappa shape index (κ1) is 21.1. The maximum atomic E-state index is 12.5. The number of benzene rings is 3. The number of nitrogens with one attached hydrogen (secondary N) is 1. The van der Waals surface area contributed by atoms with E-state index in [4.69, 9.17) is 4.74 Å². The highest BCUT2D eigenvalue weighted by atomic mass is 79.9. The van der Waals surface area contributed by atoms with E-state index in [2.05, 4.69) is 33.4 Å². The number of carboxylic acid groups (broad SMARTS) is 1. The van der Waals surface area contributed by atoms with E-state index in [-0.39, 0.29) is 18.9 Å². The van der Waals surface area contributed by atoms with Crippen molar-refractivity contribution in [1.29, 1.82) is 0 Å². The summed E-state index contributed by atoms with van der Waals surface area (Å²) in [4.78, 5) is 23.7. The van der Waals surface area contributed by atoms with Crippen LogP contribution in [0.4, 0.5) is 4.79 Å². The SMILES string of the molecule is O=C([O-])C[C@H](Cc1ccc(Br)cc1)NC(=O)OCC1c2ccccc2-c2ccccc21. The number of hydrogen-bond acceptors (Lipinski definition) is 4. The summed E-state index contributed by atoms with van der Waals surface area (Å²) in [7, 11) is 0. The van der Waals surface area contributed by atoms with E-state index in [1.807, 2.05) is 60.7 Å². The number of ether oxygens (including phenoxy) is 1. The Labute approximate surface area is 189 Å². The van der Waals surface area contributed by atoms with Crippen molar-refractivity contribution in [3.05, 3.63) is 94.0 Å². The van der Waals surface area contributed by atoms with Crippen LogP contribution in [0.25, 0.3) is 11.1 Å². The fourth-order valence-corrected chi connectivity index (χ4v) is 4.35. The minimum absolute atomic E-state index is 0.0517. The molecule has 158 valence electrons. The summed E-state index contributed by atoms with van der Waals surface area (Å²) in [5.74, 6) is -1.27. The Morgan fingerprint density at radius 2 is 1.52 bits per heavy atom. The lowest BCUT2D eigenvalue weighted by atomic mass is 9.98. The molecule has 6 heteroatoms. The Kier molecular flexibility index (Phi) is 6.37. The van der Waals surface area contributed by atoms with E-state index in [1.54, 1.807) is 0 Å². The number of carboxylic acids is 1. The van der Waals surface area contributed by atoms with Crippen molar-refractivity contribution in [3.8, 4) is 11.1 Å². The number of halogens is 1. The molecule has 0 aromatic heterocycles. The minimum atomic E-state index is -1.22. The normalized spacial score (nSPS) is 13.2.